The fraction of sp³-hybridized carbons (Fsp3) is 0.667. The van der Waals surface area contributed by atoms with Gasteiger partial charge < -0.3 is 20.5 Å². The first-order chi connectivity index (χ1) is 9.24. The molecule has 0 fully saturated rings. The minimum Gasteiger partial charge on any atom is -0.396 e. The van der Waals surface area contributed by atoms with Gasteiger partial charge in [-0.1, -0.05) is 20.8 Å². The number of nitrogens with one attached hydrogen (secondary N) is 1. The van der Waals surface area contributed by atoms with E-state index in [9.17, 15) is 14.9 Å². The van der Waals surface area contributed by atoms with Gasteiger partial charge >= 0.3 is 5.82 Å². The lowest BCUT2D eigenvalue weighted by Gasteiger charge is -2.31. The number of carbonyl (C=O) groups is 1. The highest BCUT2D eigenvalue weighted by atomic mass is 16.6. The first-order valence-corrected chi connectivity index (χ1v) is 6.32. The van der Waals surface area contributed by atoms with Crippen molar-refractivity contribution in [2.75, 3.05) is 6.61 Å². The summed E-state index contributed by atoms with van der Waals surface area (Å²) in [6.45, 7) is 5.78. The molecule has 0 spiro atoms. The van der Waals surface area contributed by atoms with Crippen LogP contribution in [-0.2, 0) is 11.3 Å². The molecular formula is C12H20N4O4. The van der Waals surface area contributed by atoms with Gasteiger partial charge in [-0.3, -0.25) is 4.79 Å². The van der Waals surface area contributed by atoms with E-state index in [1.54, 1.807) is 0 Å². The maximum atomic E-state index is 11.9. The smallest absolute Gasteiger partial charge is 0.389 e. The van der Waals surface area contributed by atoms with Gasteiger partial charge in [0.15, 0.2) is 0 Å². The summed E-state index contributed by atoms with van der Waals surface area (Å²) in [6.07, 6.45) is 1.84. The second kappa shape index (κ2) is 6.47. The summed E-state index contributed by atoms with van der Waals surface area (Å²) in [5, 5.41) is 26.0. The lowest BCUT2D eigenvalue weighted by molar-refractivity contribution is -0.389. The zero-order valence-corrected chi connectivity index (χ0v) is 11.9. The topological polar surface area (TPSA) is 110 Å². The van der Waals surface area contributed by atoms with E-state index in [0.717, 1.165) is 0 Å². The molecule has 1 heterocycles. The van der Waals surface area contributed by atoms with Crippen LogP contribution in [0, 0.1) is 15.5 Å². The van der Waals surface area contributed by atoms with Gasteiger partial charge in [-0.05, 0) is 16.8 Å². The average Bonchev–Trinajstić information content (AvgIpc) is 2.75. The molecule has 1 aromatic rings. The van der Waals surface area contributed by atoms with Crippen LogP contribution >= 0.6 is 0 Å². The molecule has 0 bridgehead atoms. The molecule has 1 unspecified atom stereocenters. The number of carbonyl (C=O) groups excluding carboxylic acids is 1. The maximum absolute atomic E-state index is 11.9. The molecule has 0 saturated heterocycles. The van der Waals surface area contributed by atoms with Crippen molar-refractivity contribution in [3.63, 3.8) is 0 Å². The number of hydrogen-bond acceptors (Lipinski definition) is 5. The van der Waals surface area contributed by atoms with Crippen molar-refractivity contribution in [3.8, 4) is 0 Å². The number of nitro groups is 1. The Labute approximate surface area is 116 Å². The lowest BCUT2D eigenvalue weighted by atomic mass is 9.85. The summed E-state index contributed by atoms with van der Waals surface area (Å²) in [5.41, 5.74) is -0.186. The van der Waals surface area contributed by atoms with E-state index in [1.807, 2.05) is 20.8 Å². The molecule has 0 aliphatic carbocycles. The molecule has 1 aromatic heterocycles. The molecule has 1 rings (SSSR count). The van der Waals surface area contributed by atoms with E-state index in [0.29, 0.717) is 6.42 Å². The third-order valence-corrected chi connectivity index (χ3v) is 2.92. The first-order valence-electron chi connectivity index (χ1n) is 6.32. The van der Waals surface area contributed by atoms with Gasteiger partial charge in [0.05, 0.1) is 17.4 Å². The number of aliphatic hydroxyl groups excluding tert-OH is 1. The highest BCUT2D eigenvalue weighted by Crippen LogP contribution is 2.21. The molecule has 0 radical (unpaired) electrons. The molecule has 0 aliphatic rings. The largest absolute Gasteiger partial charge is 0.396 e. The van der Waals surface area contributed by atoms with Gasteiger partial charge in [-0.25, -0.2) is 0 Å². The van der Waals surface area contributed by atoms with E-state index in [4.69, 9.17) is 5.11 Å². The predicted molar refractivity (Wildman–Crippen MR) is 72.0 cm³/mol. The van der Waals surface area contributed by atoms with Crippen molar-refractivity contribution in [2.45, 2.75) is 39.8 Å². The monoisotopic (exact) mass is 284 g/mol. The fourth-order valence-electron chi connectivity index (χ4n) is 1.77. The zero-order chi connectivity index (χ0) is 15.3. The number of nitrogens with zero attached hydrogens (tertiary/aromatic N) is 3. The summed E-state index contributed by atoms with van der Waals surface area (Å²) < 4.78 is 1.21. The number of rotatable bonds is 6. The molecule has 1 atom stereocenters. The molecular weight excluding hydrogens is 264 g/mol. The Morgan fingerprint density at radius 3 is 2.70 bits per heavy atom. The van der Waals surface area contributed by atoms with Gasteiger partial charge in [0.2, 0.25) is 5.91 Å². The summed E-state index contributed by atoms with van der Waals surface area (Å²) in [6, 6.07) is 1.06. The Kier molecular flexibility index (Phi) is 5.20. The molecule has 0 saturated carbocycles. The first kappa shape index (κ1) is 16.1. The molecule has 8 heteroatoms. The van der Waals surface area contributed by atoms with E-state index in [-0.39, 0.29) is 36.3 Å². The van der Waals surface area contributed by atoms with Crippen molar-refractivity contribution >= 4 is 11.7 Å². The third-order valence-electron chi connectivity index (χ3n) is 2.92. The normalized spacial score (nSPS) is 13.0. The van der Waals surface area contributed by atoms with Crippen LogP contribution in [0.2, 0.25) is 0 Å². The maximum Gasteiger partial charge on any atom is 0.389 e. The Balaban J connectivity index is 2.63. The Morgan fingerprint density at radius 1 is 1.60 bits per heavy atom. The SMILES string of the molecule is CC(C)(C)C(CCO)NC(=O)Cn1ccc([N+](=O)[O-])n1. The summed E-state index contributed by atoms with van der Waals surface area (Å²) >= 11 is 0. The quantitative estimate of drug-likeness (QED) is 0.590. The molecule has 20 heavy (non-hydrogen) atoms. The van der Waals surface area contributed by atoms with E-state index < -0.39 is 4.92 Å². The predicted octanol–water partition coefficient (Wildman–Crippen LogP) is 0.705. The van der Waals surface area contributed by atoms with Crippen LogP contribution in [0.25, 0.3) is 0 Å². The molecule has 0 aromatic carbocycles. The van der Waals surface area contributed by atoms with Crippen LogP contribution in [0.5, 0.6) is 0 Å². The summed E-state index contributed by atoms with van der Waals surface area (Å²) in [4.78, 5) is 21.8. The average molecular weight is 284 g/mol. The zero-order valence-electron chi connectivity index (χ0n) is 11.9. The molecule has 2 N–H and O–H groups in total. The minimum atomic E-state index is -0.613. The second-order valence-corrected chi connectivity index (χ2v) is 5.63. The van der Waals surface area contributed by atoms with Crippen molar-refractivity contribution in [2.24, 2.45) is 5.41 Å². The van der Waals surface area contributed by atoms with Crippen LogP contribution in [-0.4, -0.2) is 38.4 Å². The van der Waals surface area contributed by atoms with Crippen molar-refractivity contribution < 1.29 is 14.8 Å². The summed E-state index contributed by atoms with van der Waals surface area (Å²) in [7, 11) is 0. The van der Waals surface area contributed by atoms with Crippen LogP contribution in [0.15, 0.2) is 12.3 Å². The standard InChI is InChI=1S/C12H20N4O4/c1-12(2,3)9(5-7-17)13-11(18)8-15-6-4-10(14-15)16(19)20/h4,6,9,17H,5,7-8H2,1-3H3,(H,13,18). The summed E-state index contributed by atoms with van der Waals surface area (Å²) in [5.74, 6) is -0.586. The van der Waals surface area contributed by atoms with Crippen molar-refractivity contribution in [1.29, 1.82) is 0 Å². The Hall–Kier alpha value is -1.96. The van der Waals surface area contributed by atoms with E-state index in [2.05, 4.69) is 10.4 Å². The van der Waals surface area contributed by atoms with Crippen molar-refractivity contribution in [3.05, 3.63) is 22.4 Å². The Bertz CT molecular complexity index is 478. The molecule has 8 nitrogen and oxygen atoms in total. The highest BCUT2D eigenvalue weighted by Gasteiger charge is 2.26. The van der Waals surface area contributed by atoms with Crippen LogP contribution in [0.3, 0.4) is 0 Å². The molecule has 0 aliphatic heterocycles. The minimum absolute atomic E-state index is 0.0184. The van der Waals surface area contributed by atoms with Gasteiger partial charge in [0, 0.05) is 12.6 Å². The number of hydrogen-bond donors (Lipinski definition) is 2. The van der Waals surface area contributed by atoms with Gasteiger partial charge in [-0.2, -0.15) is 4.68 Å². The van der Waals surface area contributed by atoms with E-state index in [1.165, 1.54) is 16.9 Å². The fourth-order valence-corrected chi connectivity index (χ4v) is 1.77. The highest BCUT2D eigenvalue weighted by molar-refractivity contribution is 5.76. The van der Waals surface area contributed by atoms with Gasteiger partial charge in [0.25, 0.3) is 0 Å². The number of aromatic nitrogens is 2. The van der Waals surface area contributed by atoms with Gasteiger partial charge in [-0.15, -0.1) is 0 Å². The van der Waals surface area contributed by atoms with Crippen LogP contribution in [0.1, 0.15) is 27.2 Å². The van der Waals surface area contributed by atoms with Gasteiger partial charge in [0.1, 0.15) is 6.54 Å². The number of aliphatic hydroxyl groups is 1. The van der Waals surface area contributed by atoms with Crippen molar-refractivity contribution in [1.82, 2.24) is 15.1 Å². The third kappa shape index (κ3) is 4.61. The molecule has 1 amide bonds. The van der Waals surface area contributed by atoms with Crippen LogP contribution in [0.4, 0.5) is 5.82 Å². The molecule has 112 valence electrons. The second-order valence-electron chi connectivity index (χ2n) is 5.63. The lowest BCUT2D eigenvalue weighted by Crippen LogP contribution is -2.45. The Morgan fingerprint density at radius 2 is 2.25 bits per heavy atom. The number of amides is 1. The van der Waals surface area contributed by atoms with E-state index >= 15 is 0 Å². The van der Waals surface area contributed by atoms with Crippen LogP contribution < -0.4 is 5.32 Å².